The van der Waals surface area contributed by atoms with Crippen LogP contribution in [0.2, 0.25) is 0 Å². The first kappa shape index (κ1) is 14.5. The fraction of sp³-hybridized carbons (Fsp3) is 0.333. The molecule has 4 atom stereocenters. The molecule has 0 unspecified atom stereocenters. The summed E-state index contributed by atoms with van der Waals surface area (Å²) in [5, 5.41) is 0. The third kappa shape index (κ3) is 1.85. The lowest BCUT2D eigenvalue weighted by Gasteiger charge is -2.44. The molecular weight excluding hydrogens is 284 g/mol. The molecule has 2 aliphatic heterocycles. The molecule has 0 radical (unpaired) electrons. The van der Waals surface area contributed by atoms with Gasteiger partial charge in [-0.05, 0) is 17.9 Å². The van der Waals surface area contributed by atoms with Crippen molar-refractivity contribution in [2.45, 2.75) is 31.7 Å². The third-order valence-corrected chi connectivity index (χ3v) is 5.43. The highest BCUT2D eigenvalue weighted by molar-refractivity contribution is 5.37. The van der Waals surface area contributed by atoms with Crippen LogP contribution in [0.15, 0.2) is 73.0 Å². The Bertz CT molecular complexity index is 724. The van der Waals surface area contributed by atoms with E-state index in [0.717, 1.165) is 23.3 Å². The van der Waals surface area contributed by atoms with Crippen LogP contribution >= 0.6 is 0 Å². The van der Waals surface area contributed by atoms with E-state index in [1.54, 1.807) is 0 Å². The zero-order chi connectivity index (χ0) is 16.1. The van der Waals surface area contributed by atoms with E-state index >= 15 is 0 Å². The molecule has 23 heavy (non-hydrogen) atoms. The van der Waals surface area contributed by atoms with Crippen LogP contribution in [0.1, 0.15) is 31.4 Å². The van der Waals surface area contributed by atoms with Crippen molar-refractivity contribution in [1.82, 2.24) is 0 Å². The number of rotatable bonds is 2. The van der Waals surface area contributed by atoms with Crippen molar-refractivity contribution in [3.8, 4) is 0 Å². The molecule has 2 aromatic carbocycles. The van der Waals surface area contributed by atoms with Gasteiger partial charge in [0.2, 0.25) is 5.79 Å². The maximum atomic E-state index is 6.76. The van der Waals surface area contributed by atoms with Gasteiger partial charge in [-0.1, -0.05) is 81.1 Å². The Morgan fingerprint density at radius 1 is 0.870 bits per heavy atom. The van der Waals surface area contributed by atoms with Gasteiger partial charge in [0.25, 0.3) is 0 Å². The van der Waals surface area contributed by atoms with Crippen LogP contribution in [-0.4, -0.2) is 0 Å². The maximum Gasteiger partial charge on any atom is 0.240 e. The predicted molar refractivity (Wildman–Crippen MR) is 90.5 cm³/mol. The number of ether oxygens (including phenoxy) is 2. The van der Waals surface area contributed by atoms with Gasteiger partial charge < -0.3 is 9.47 Å². The summed E-state index contributed by atoms with van der Waals surface area (Å²) in [6.07, 6.45) is 1.03. The minimum atomic E-state index is -0.735. The van der Waals surface area contributed by atoms with Crippen LogP contribution < -0.4 is 0 Å². The second-order valence-electron chi connectivity index (χ2n) is 6.80. The van der Waals surface area contributed by atoms with Crippen molar-refractivity contribution in [2.24, 2.45) is 11.8 Å². The Morgan fingerprint density at radius 3 is 2.04 bits per heavy atom. The summed E-state index contributed by atoms with van der Waals surface area (Å²) in [4.78, 5) is 0. The average molecular weight is 306 g/mol. The summed E-state index contributed by atoms with van der Waals surface area (Å²) < 4.78 is 13.1. The minimum Gasteiger partial charge on any atom is -0.459 e. The molecule has 0 spiro atoms. The molecule has 0 N–H and O–H groups in total. The number of hydrogen-bond acceptors (Lipinski definition) is 2. The number of fused-ring (bicyclic) bond motifs is 2. The van der Waals surface area contributed by atoms with Gasteiger partial charge in [0.15, 0.2) is 5.60 Å². The maximum absolute atomic E-state index is 6.76. The minimum absolute atomic E-state index is 0.260. The molecule has 0 aliphatic carbocycles. The molecule has 0 amide bonds. The lowest BCUT2D eigenvalue weighted by molar-refractivity contribution is -0.266. The second kappa shape index (κ2) is 4.97. The van der Waals surface area contributed by atoms with Crippen molar-refractivity contribution in [3.05, 3.63) is 84.1 Å². The highest BCUT2D eigenvalue weighted by Gasteiger charge is 2.64. The van der Waals surface area contributed by atoms with Crippen LogP contribution in [0.5, 0.6) is 0 Å². The van der Waals surface area contributed by atoms with Gasteiger partial charge in [-0.15, -0.1) is 0 Å². The highest BCUT2D eigenvalue weighted by Crippen LogP contribution is 2.62. The molecule has 0 aromatic heterocycles. The second-order valence-corrected chi connectivity index (χ2v) is 6.80. The Hall–Kier alpha value is -2.06. The first-order chi connectivity index (χ1) is 11.1. The van der Waals surface area contributed by atoms with E-state index in [-0.39, 0.29) is 5.92 Å². The van der Waals surface area contributed by atoms with Gasteiger partial charge in [-0.25, -0.2) is 0 Å². The molecule has 4 rings (SSSR count). The van der Waals surface area contributed by atoms with E-state index in [1.165, 1.54) is 0 Å². The van der Waals surface area contributed by atoms with Crippen LogP contribution in [0.4, 0.5) is 0 Å². The Labute approximate surface area is 137 Å². The fourth-order valence-electron chi connectivity index (χ4n) is 4.27. The first-order valence-corrected chi connectivity index (χ1v) is 8.29. The summed E-state index contributed by atoms with van der Waals surface area (Å²) in [7, 11) is 0. The highest BCUT2D eigenvalue weighted by atomic mass is 16.8. The van der Waals surface area contributed by atoms with Gasteiger partial charge in [0.05, 0.1) is 0 Å². The molecule has 2 fully saturated rings. The summed E-state index contributed by atoms with van der Waals surface area (Å²) in [5.41, 5.74) is 1.63. The molecular formula is C21H22O2. The normalized spacial score (nSPS) is 35.8. The Morgan fingerprint density at radius 2 is 1.43 bits per heavy atom. The van der Waals surface area contributed by atoms with Crippen LogP contribution in [-0.2, 0) is 20.9 Å². The third-order valence-electron chi connectivity index (χ3n) is 5.43. The van der Waals surface area contributed by atoms with Gasteiger partial charge in [0, 0.05) is 11.5 Å². The van der Waals surface area contributed by atoms with Crippen molar-refractivity contribution >= 4 is 0 Å². The van der Waals surface area contributed by atoms with E-state index < -0.39 is 11.4 Å². The van der Waals surface area contributed by atoms with E-state index in [9.17, 15) is 0 Å². The van der Waals surface area contributed by atoms with Crippen LogP contribution in [0, 0.1) is 11.8 Å². The van der Waals surface area contributed by atoms with Crippen molar-refractivity contribution in [3.63, 3.8) is 0 Å². The molecule has 118 valence electrons. The van der Waals surface area contributed by atoms with Crippen molar-refractivity contribution in [2.75, 3.05) is 0 Å². The van der Waals surface area contributed by atoms with Crippen molar-refractivity contribution < 1.29 is 9.47 Å². The summed E-state index contributed by atoms with van der Waals surface area (Å²) >= 11 is 0. The number of benzene rings is 2. The SMILES string of the molecule is C=C1O[C@]2(c3ccccc3)O[C@@]1(c1ccccc1)[C@@H](C)C[C@H]2C. The lowest BCUT2D eigenvalue weighted by Crippen LogP contribution is -2.47. The monoisotopic (exact) mass is 306 g/mol. The first-order valence-electron chi connectivity index (χ1n) is 8.29. The van der Waals surface area contributed by atoms with E-state index in [1.807, 2.05) is 36.4 Å². The molecule has 2 aliphatic rings. The van der Waals surface area contributed by atoms with E-state index in [0.29, 0.717) is 5.92 Å². The zero-order valence-corrected chi connectivity index (χ0v) is 13.7. The topological polar surface area (TPSA) is 18.5 Å². The fourth-order valence-corrected chi connectivity index (χ4v) is 4.27. The van der Waals surface area contributed by atoms with Gasteiger partial charge in [-0.2, -0.15) is 0 Å². The van der Waals surface area contributed by atoms with Gasteiger partial charge in [-0.3, -0.25) is 0 Å². The Balaban J connectivity index is 1.89. The smallest absolute Gasteiger partial charge is 0.240 e. The average Bonchev–Trinajstić information content (AvgIpc) is 2.88. The van der Waals surface area contributed by atoms with E-state index in [2.05, 4.69) is 44.7 Å². The van der Waals surface area contributed by atoms with E-state index in [4.69, 9.17) is 9.47 Å². The summed E-state index contributed by atoms with van der Waals surface area (Å²) in [6.45, 7) is 8.69. The predicted octanol–water partition coefficient (Wildman–Crippen LogP) is 4.97. The standard InChI is InChI=1S/C21H22O2/c1-15-14-16(2)21(19-12-8-5-9-13-19)22-17(3)20(15,23-21)18-10-6-4-7-11-18/h4-13,15-16H,3,14H2,1-2H3/t15-,16+,20-,21-/m0/s1. The molecule has 2 heteroatoms. The quantitative estimate of drug-likeness (QED) is 0.780. The molecule has 2 saturated heterocycles. The molecule has 2 bridgehead atoms. The molecule has 0 saturated carbocycles. The summed E-state index contributed by atoms with van der Waals surface area (Å²) in [6, 6.07) is 20.6. The molecule has 2 aromatic rings. The number of hydrogen-bond donors (Lipinski definition) is 0. The van der Waals surface area contributed by atoms with Crippen LogP contribution in [0.25, 0.3) is 0 Å². The van der Waals surface area contributed by atoms with Crippen molar-refractivity contribution in [1.29, 1.82) is 0 Å². The van der Waals surface area contributed by atoms with Gasteiger partial charge >= 0.3 is 0 Å². The Kier molecular flexibility index (Phi) is 3.14. The zero-order valence-electron chi connectivity index (χ0n) is 13.7. The molecule has 2 heterocycles. The van der Waals surface area contributed by atoms with Crippen LogP contribution in [0.3, 0.4) is 0 Å². The lowest BCUT2D eigenvalue weighted by atomic mass is 9.73. The largest absolute Gasteiger partial charge is 0.459 e. The van der Waals surface area contributed by atoms with Gasteiger partial charge in [0.1, 0.15) is 5.76 Å². The summed E-state index contributed by atoms with van der Waals surface area (Å²) in [5.74, 6) is 0.563. The molecule has 2 nitrogen and oxygen atoms in total.